The van der Waals surface area contributed by atoms with E-state index in [0.29, 0.717) is 42.8 Å². The molecule has 0 atom stereocenters. The van der Waals surface area contributed by atoms with Gasteiger partial charge in [0.2, 0.25) is 0 Å². The normalized spacial score (nSPS) is 14.6. The monoisotopic (exact) mass is 335 g/mol. The molecule has 0 saturated carbocycles. The van der Waals surface area contributed by atoms with E-state index in [1.807, 2.05) is 6.07 Å². The molecule has 3 rings (SSSR count). The smallest absolute Gasteiger partial charge is 0.274 e. The standard InChI is InChI=1S/C18H17N5O2/c19-11-13-2-1-3-14(10-13)17(24)22-15-4-8-23(9-5-15)18(25)16-12-20-6-7-21-16/h1-3,6-7,10,12,15H,4-5,8-9H2,(H,22,24). The Morgan fingerprint density at radius 2 is 2.04 bits per heavy atom. The largest absolute Gasteiger partial charge is 0.349 e. The van der Waals surface area contributed by atoms with Crippen molar-refractivity contribution in [3.63, 3.8) is 0 Å². The van der Waals surface area contributed by atoms with E-state index in [-0.39, 0.29) is 17.9 Å². The van der Waals surface area contributed by atoms with Crippen LogP contribution in [0.2, 0.25) is 0 Å². The van der Waals surface area contributed by atoms with Crippen LogP contribution in [0.3, 0.4) is 0 Å². The van der Waals surface area contributed by atoms with Crippen LogP contribution >= 0.6 is 0 Å². The van der Waals surface area contributed by atoms with Gasteiger partial charge in [-0.15, -0.1) is 0 Å². The SMILES string of the molecule is N#Cc1cccc(C(=O)NC2CCN(C(=O)c3cnccn3)CC2)c1. The summed E-state index contributed by atoms with van der Waals surface area (Å²) in [7, 11) is 0. The Balaban J connectivity index is 1.55. The molecule has 2 heterocycles. The first kappa shape index (κ1) is 16.6. The lowest BCUT2D eigenvalue weighted by Gasteiger charge is -2.32. The number of nitrogens with one attached hydrogen (secondary N) is 1. The fourth-order valence-electron chi connectivity index (χ4n) is 2.80. The highest BCUT2D eigenvalue weighted by Gasteiger charge is 2.25. The quantitative estimate of drug-likeness (QED) is 0.913. The Morgan fingerprint density at radius 1 is 1.24 bits per heavy atom. The summed E-state index contributed by atoms with van der Waals surface area (Å²) >= 11 is 0. The van der Waals surface area contributed by atoms with E-state index in [0.717, 1.165) is 0 Å². The lowest BCUT2D eigenvalue weighted by atomic mass is 10.0. The minimum Gasteiger partial charge on any atom is -0.349 e. The predicted octanol–water partition coefficient (Wildman–Crippen LogP) is 1.38. The van der Waals surface area contributed by atoms with Gasteiger partial charge < -0.3 is 10.2 Å². The molecule has 2 aromatic rings. The third-order valence-corrected chi connectivity index (χ3v) is 4.15. The van der Waals surface area contributed by atoms with Gasteiger partial charge >= 0.3 is 0 Å². The minimum atomic E-state index is -0.198. The molecule has 126 valence electrons. The van der Waals surface area contributed by atoms with Crippen LogP contribution < -0.4 is 5.32 Å². The van der Waals surface area contributed by atoms with Crippen molar-refractivity contribution in [3.05, 3.63) is 59.7 Å². The molecule has 7 nitrogen and oxygen atoms in total. The third kappa shape index (κ3) is 3.98. The minimum absolute atomic E-state index is 0.00384. The Morgan fingerprint density at radius 3 is 2.72 bits per heavy atom. The molecule has 1 aromatic heterocycles. The van der Waals surface area contributed by atoms with Crippen LogP contribution in [0, 0.1) is 11.3 Å². The van der Waals surface area contributed by atoms with Crippen molar-refractivity contribution in [3.8, 4) is 6.07 Å². The second-order valence-corrected chi connectivity index (χ2v) is 5.82. The van der Waals surface area contributed by atoms with Crippen LogP contribution in [-0.4, -0.2) is 45.8 Å². The summed E-state index contributed by atoms with van der Waals surface area (Å²) < 4.78 is 0. The number of amides is 2. The van der Waals surface area contributed by atoms with Gasteiger partial charge in [-0.3, -0.25) is 14.6 Å². The van der Waals surface area contributed by atoms with Gasteiger partial charge in [0.1, 0.15) is 5.69 Å². The summed E-state index contributed by atoms with van der Waals surface area (Å²) in [6.07, 6.45) is 5.83. The Kier molecular flexibility index (Phi) is 5.00. The van der Waals surface area contributed by atoms with Crippen molar-refractivity contribution in [2.24, 2.45) is 0 Å². The highest BCUT2D eigenvalue weighted by atomic mass is 16.2. The molecule has 1 aliphatic heterocycles. The van der Waals surface area contributed by atoms with Gasteiger partial charge in [-0.05, 0) is 31.0 Å². The Bertz CT molecular complexity index is 808. The number of aromatic nitrogens is 2. The number of likely N-dealkylation sites (tertiary alicyclic amines) is 1. The lowest BCUT2D eigenvalue weighted by molar-refractivity contribution is 0.0692. The fraction of sp³-hybridized carbons (Fsp3) is 0.278. The summed E-state index contributed by atoms with van der Waals surface area (Å²) in [5.41, 5.74) is 1.26. The van der Waals surface area contributed by atoms with Crippen LogP contribution in [0.25, 0.3) is 0 Å². The van der Waals surface area contributed by atoms with Crippen molar-refractivity contribution in [2.75, 3.05) is 13.1 Å². The van der Waals surface area contributed by atoms with Crippen LogP contribution in [0.1, 0.15) is 39.3 Å². The van der Waals surface area contributed by atoms with E-state index in [2.05, 4.69) is 15.3 Å². The summed E-state index contributed by atoms with van der Waals surface area (Å²) in [5, 5.41) is 11.9. The van der Waals surface area contributed by atoms with E-state index in [1.165, 1.54) is 18.6 Å². The van der Waals surface area contributed by atoms with Crippen molar-refractivity contribution in [2.45, 2.75) is 18.9 Å². The highest BCUT2D eigenvalue weighted by Crippen LogP contribution is 2.14. The van der Waals surface area contributed by atoms with Gasteiger partial charge in [0.15, 0.2) is 0 Å². The van der Waals surface area contributed by atoms with Crippen molar-refractivity contribution in [1.29, 1.82) is 5.26 Å². The zero-order valence-corrected chi connectivity index (χ0v) is 13.6. The zero-order valence-electron chi connectivity index (χ0n) is 13.6. The first-order valence-corrected chi connectivity index (χ1v) is 8.03. The summed E-state index contributed by atoms with van der Waals surface area (Å²) in [5.74, 6) is -0.338. The van der Waals surface area contributed by atoms with Crippen LogP contribution in [0.4, 0.5) is 0 Å². The van der Waals surface area contributed by atoms with Gasteiger partial charge in [-0.1, -0.05) is 6.07 Å². The maximum atomic E-state index is 12.3. The molecular formula is C18H17N5O2. The molecule has 1 fully saturated rings. The van der Waals surface area contributed by atoms with Crippen LogP contribution in [-0.2, 0) is 0 Å². The average Bonchev–Trinajstić information content (AvgIpc) is 2.68. The van der Waals surface area contributed by atoms with Crippen molar-refractivity contribution < 1.29 is 9.59 Å². The van der Waals surface area contributed by atoms with Gasteiger partial charge in [0.25, 0.3) is 11.8 Å². The average molecular weight is 335 g/mol. The zero-order chi connectivity index (χ0) is 17.6. The van der Waals surface area contributed by atoms with E-state index < -0.39 is 0 Å². The predicted molar refractivity (Wildman–Crippen MR) is 89.6 cm³/mol. The third-order valence-electron chi connectivity index (χ3n) is 4.15. The number of hydrogen-bond acceptors (Lipinski definition) is 5. The molecule has 0 aliphatic carbocycles. The van der Waals surface area contributed by atoms with Crippen LogP contribution in [0.5, 0.6) is 0 Å². The molecule has 0 spiro atoms. The van der Waals surface area contributed by atoms with Gasteiger partial charge in [-0.2, -0.15) is 5.26 Å². The van der Waals surface area contributed by atoms with Gasteiger partial charge in [-0.25, -0.2) is 4.98 Å². The van der Waals surface area contributed by atoms with Gasteiger partial charge in [0.05, 0.1) is 17.8 Å². The molecule has 2 amide bonds. The van der Waals surface area contributed by atoms with E-state index in [4.69, 9.17) is 5.26 Å². The molecule has 25 heavy (non-hydrogen) atoms. The Labute approximate surface area is 145 Å². The number of benzene rings is 1. The summed E-state index contributed by atoms with van der Waals surface area (Å²) in [4.78, 5) is 34.3. The lowest BCUT2D eigenvalue weighted by Crippen LogP contribution is -2.46. The molecule has 1 N–H and O–H groups in total. The molecular weight excluding hydrogens is 318 g/mol. The highest BCUT2D eigenvalue weighted by molar-refractivity contribution is 5.95. The number of carbonyl (C=O) groups is 2. The number of carbonyl (C=O) groups excluding carboxylic acids is 2. The molecule has 1 aliphatic rings. The van der Waals surface area contributed by atoms with Crippen molar-refractivity contribution >= 4 is 11.8 Å². The van der Waals surface area contributed by atoms with E-state index >= 15 is 0 Å². The molecule has 0 radical (unpaired) electrons. The van der Waals surface area contributed by atoms with E-state index in [9.17, 15) is 9.59 Å². The van der Waals surface area contributed by atoms with Crippen LogP contribution in [0.15, 0.2) is 42.9 Å². The number of nitriles is 1. The first-order chi connectivity index (χ1) is 12.2. The molecule has 1 aromatic carbocycles. The number of nitrogens with zero attached hydrogens (tertiary/aromatic N) is 4. The molecule has 0 bridgehead atoms. The summed E-state index contributed by atoms with van der Waals surface area (Å²) in [6, 6.07) is 8.63. The molecule has 0 unspecified atom stereocenters. The number of piperidine rings is 1. The number of rotatable bonds is 3. The second-order valence-electron chi connectivity index (χ2n) is 5.82. The van der Waals surface area contributed by atoms with Gasteiger partial charge in [0, 0.05) is 37.1 Å². The second kappa shape index (κ2) is 7.53. The van der Waals surface area contributed by atoms with E-state index in [1.54, 1.807) is 29.2 Å². The van der Waals surface area contributed by atoms with Crippen molar-refractivity contribution in [1.82, 2.24) is 20.2 Å². The maximum Gasteiger partial charge on any atom is 0.274 e. The molecule has 7 heteroatoms. The Hall–Kier alpha value is -3.27. The first-order valence-electron chi connectivity index (χ1n) is 8.03. The summed E-state index contributed by atoms with van der Waals surface area (Å²) in [6.45, 7) is 1.11. The topological polar surface area (TPSA) is 99.0 Å². The fourth-order valence-corrected chi connectivity index (χ4v) is 2.80. The maximum absolute atomic E-state index is 12.3. The number of hydrogen-bond donors (Lipinski definition) is 1. The molecule has 1 saturated heterocycles.